The topological polar surface area (TPSA) is 30.3 Å². The van der Waals surface area contributed by atoms with E-state index in [-0.39, 0.29) is 11.1 Å². The number of anilines is 1. The predicted molar refractivity (Wildman–Crippen MR) is 112 cm³/mol. The molecular weight excluding hydrogens is 373 g/mol. The first-order valence-electron chi connectivity index (χ1n) is 9.37. The minimum Gasteiger partial charge on any atom is -0.497 e. The lowest BCUT2D eigenvalue weighted by molar-refractivity contribution is 0.413. The number of aromatic nitrogens is 2. The molecule has 1 atom stereocenters. The van der Waals surface area contributed by atoms with E-state index in [9.17, 15) is 4.39 Å². The van der Waals surface area contributed by atoms with E-state index in [0.717, 1.165) is 41.4 Å². The first-order valence-corrected chi connectivity index (χ1v) is 10.3. The Morgan fingerprint density at radius 3 is 2.82 bits per heavy atom. The summed E-state index contributed by atoms with van der Waals surface area (Å²) in [5, 5.41) is 4.67. The van der Waals surface area contributed by atoms with Crippen molar-refractivity contribution >= 4 is 17.4 Å². The van der Waals surface area contributed by atoms with E-state index in [4.69, 9.17) is 4.74 Å². The molecule has 0 unspecified atom stereocenters. The average Bonchev–Trinajstić information content (AvgIpc) is 2.89. The average molecular weight is 398 g/mol. The molecule has 0 N–H and O–H groups in total. The summed E-state index contributed by atoms with van der Waals surface area (Å²) in [5.74, 6) is 0.653. The number of methoxy groups -OCH3 is 1. The van der Waals surface area contributed by atoms with Gasteiger partial charge < -0.3 is 9.64 Å². The highest BCUT2D eigenvalue weighted by Gasteiger charge is 2.25. The number of fused-ring (bicyclic) bond motifs is 1. The van der Waals surface area contributed by atoms with Gasteiger partial charge in [0, 0.05) is 42.0 Å². The van der Waals surface area contributed by atoms with Crippen molar-refractivity contribution < 1.29 is 9.13 Å². The van der Waals surface area contributed by atoms with Crippen molar-refractivity contribution in [1.29, 1.82) is 0 Å². The number of aryl methyl sites for hydroxylation is 2. The van der Waals surface area contributed by atoms with Crippen LogP contribution in [0, 0.1) is 12.7 Å². The maximum absolute atomic E-state index is 13.8. The van der Waals surface area contributed by atoms with Crippen molar-refractivity contribution in [1.82, 2.24) is 9.78 Å². The highest BCUT2D eigenvalue weighted by atomic mass is 32.2. The SMILES string of the molecule is COc1ccc2c(c1)S[C@H](c1cccc(F)c1)CCN2Cc1cn(C)nc1C. The Kier molecular flexibility index (Phi) is 5.31. The molecule has 1 aliphatic heterocycles. The summed E-state index contributed by atoms with van der Waals surface area (Å²) in [4.78, 5) is 3.55. The van der Waals surface area contributed by atoms with Crippen molar-refractivity contribution in [2.45, 2.75) is 30.0 Å². The van der Waals surface area contributed by atoms with Crippen molar-refractivity contribution in [3.05, 3.63) is 71.3 Å². The zero-order valence-corrected chi connectivity index (χ0v) is 17.2. The van der Waals surface area contributed by atoms with Gasteiger partial charge in [-0.05, 0) is 49.2 Å². The van der Waals surface area contributed by atoms with Crippen LogP contribution in [0.2, 0.25) is 0 Å². The van der Waals surface area contributed by atoms with E-state index in [1.165, 1.54) is 17.3 Å². The summed E-state index contributed by atoms with van der Waals surface area (Å²) in [5.41, 5.74) is 4.49. The third-order valence-electron chi connectivity index (χ3n) is 5.13. The molecule has 2 heterocycles. The summed E-state index contributed by atoms with van der Waals surface area (Å²) in [7, 11) is 3.64. The maximum Gasteiger partial charge on any atom is 0.123 e. The lowest BCUT2D eigenvalue weighted by Crippen LogP contribution is -2.24. The van der Waals surface area contributed by atoms with Gasteiger partial charge in [0.25, 0.3) is 0 Å². The third kappa shape index (κ3) is 3.87. The molecule has 6 heteroatoms. The molecule has 0 fully saturated rings. The van der Waals surface area contributed by atoms with Gasteiger partial charge in [0.1, 0.15) is 11.6 Å². The number of nitrogens with zero attached hydrogens (tertiary/aromatic N) is 3. The van der Waals surface area contributed by atoms with Gasteiger partial charge in [0.15, 0.2) is 0 Å². The minimum absolute atomic E-state index is 0.184. The fraction of sp³-hybridized carbons (Fsp3) is 0.318. The van der Waals surface area contributed by atoms with Crippen LogP contribution in [-0.4, -0.2) is 23.4 Å². The van der Waals surface area contributed by atoms with E-state index >= 15 is 0 Å². The monoisotopic (exact) mass is 397 g/mol. The Morgan fingerprint density at radius 1 is 1.25 bits per heavy atom. The molecule has 2 aromatic carbocycles. The lowest BCUT2D eigenvalue weighted by Gasteiger charge is -2.24. The second kappa shape index (κ2) is 7.87. The Bertz CT molecular complexity index is 988. The van der Waals surface area contributed by atoms with Crippen LogP contribution in [0.3, 0.4) is 0 Å². The molecule has 0 radical (unpaired) electrons. The molecule has 4 rings (SSSR count). The number of hydrogen-bond donors (Lipinski definition) is 0. The number of ether oxygens (including phenoxy) is 1. The molecule has 1 aromatic heterocycles. The van der Waals surface area contributed by atoms with Crippen molar-refractivity contribution in [2.24, 2.45) is 7.05 Å². The molecule has 146 valence electrons. The van der Waals surface area contributed by atoms with Crippen LogP contribution in [0.25, 0.3) is 0 Å². The zero-order chi connectivity index (χ0) is 19.7. The van der Waals surface area contributed by atoms with Gasteiger partial charge >= 0.3 is 0 Å². The quantitative estimate of drug-likeness (QED) is 0.611. The number of benzene rings is 2. The molecule has 0 aliphatic carbocycles. The largest absolute Gasteiger partial charge is 0.497 e. The number of thioether (sulfide) groups is 1. The van der Waals surface area contributed by atoms with E-state index in [1.54, 1.807) is 31.0 Å². The normalized spacial score (nSPS) is 16.6. The van der Waals surface area contributed by atoms with Crippen LogP contribution in [0.15, 0.2) is 53.6 Å². The molecule has 0 spiro atoms. The molecule has 28 heavy (non-hydrogen) atoms. The maximum atomic E-state index is 13.8. The molecule has 4 nitrogen and oxygen atoms in total. The zero-order valence-electron chi connectivity index (χ0n) is 16.4. The molecule has 3 aromatic rings. The number of hydrogen-bond acceptors (Lipinski definition) is 4. The Hall–Kier alpha value is -2.47. The van der Waals surface area contributed by atoms with Crippen molar-refractivity contribution in [2.75, 3.05) is 18.6 Å². The summed E-state index contributed by atoms with van der Waals surface area (Å²) in [6.07, 6.45) is 3.02. The molecule has 0 saturated heterocycles. The fourth-order valence-electron chi connectivity index (χ4n) is 3.70. The van der Waals surface area contributed by atoms with Crippen LogP contribution in [0.5, 0.6) is 5.75 Å². The van der Waals surface area contributed by atoms with E-state index < -0.39 is 0 Å². The molecule has 0 saturated carbocycles. The van der Waals surface area contributed by atoms with Crippen LogP contribution in [-0.2, 0) is 13.6 Å². The van der Waals surface area contributed by atoms with Crippen LogP contribution < -0.4 is 9.64 Å². The van der Waals surface area contributed by atoms with Gasteiger partial charge in [0.05, 0.1) is 18.5 Å². The fourth-order valence-corrected chi connectivity index (χ4v) is 5.01. The second-order valence-electron chi connectivity index (χ2n) is 7.12. The highest BCUT2D eigenvalue weighted by molar-refractivity contribution is 7.99. The molecule has 0 bridgehead atoms. The number of halogens is 1. The van der Waals surface area contributed by atoms with E-state index in [1.807, 2.05) is 30.8 Å². The summed E-state index contributed by atoms with van der Waals surface area (Å²) >= 11 is 1.78. The smallest absolute Gasteiger partial charge is 0.123 e. The first-order chi connectivity index (χ1) is 13.5. The van der Waals surface area contributed by atoms with E-state index in [0.29, 0.717) is 0 Å². The highest BCUT2D eigenvalue weighted by Crippen LogP contribution is 2.46. The molecular formula is C22H24FN3OS. The molecule has 1 aliphatic rings. The van der Waals surface area contributed by atoms with E-state index in [2.05, 4.69) is 28.3 Å². The number of rotatable bonds is 4. The van der Waals surface area contributed by atoms with Crippen molar-refractivity contribution in [3.8, 4) is 5.75 Å². The van der Waals surface area contributed by atoms with Gasteiger partial charge in [-0.1, -0.05) is 12.1 Å². The van der Waals surface area contributed by atoms with Gasteiger partial charge in [-0.15, -0.1) is 11.8 Å². The standard InChI is InChI=1S/C22H24FN3OS/c1-15-17(13-25(2)24-15)14-26-10-9-21(16-5-4-6-18(23)11-16)28-22-12-19(27-3)7-8-20(22)26/h4-8,11-13,21H,9-10,14H2,1-3H3/t21-/m0/s1. The van der Waals surface area contributed by atoms with Gasteiger partial charge in [-0.25, -0.2) is 4.39 Å². The Balaban J connectivity index is 1.69. The second-order valence-corrected chi connectivity index (χ2v) is 8.36. The summed E-state index contributed by atoms with van der Waals surface area (Å²) < 4.78 is 21.1. The van der Waals surface area contributed by atoms with Gasteiger partial charge in [0.2, 0.25) is 0 Å². The van der Waals surface area contributed by atoms with Gasteiger partial charge in [-0.2, -0.15) is 5.10 Å². The van der Waals surface area contributed by atoms with Crippen LogP contribution in [0.4, 0.5) is 10.1 Å². The summed E-state index contributed by atoms with van der Waals surface area (Å²) in [6.45, 7) is 3.74. The molecule has 0 amide bonds. The first kappa shape index (κ1) is 18.9. The predicted octanol–water partition coefficient (Wildman–Crippen LogP) is 5.12. The summed E-state index contributed by atoms with van der Waals surface area (Å²) in [6, 6.07) is 13.2. The van der Waals surface area contributed by atoms with Crippen LogP contribution in [0.1, 0.15) is 28.5 Å². The Morgan fingerprint density at radius 2 is 2.11 bits per heavy atom. The van der Waals surface area contributed by atoms with Crippen molar-refractivity contribution in [3.63, 3.8) is 0 Å². The van der Waals surface area contributed by atoms with Crippen LogP contribution >= 0.6 is 11.8 Å². The van der Waals surface area contributed by atoms with Gasteiger partial charge in [-0.3, -0.25) is 4.68 Å². The minimum atomic E-state index is -0.184. The third-order valence-corrected chi connectivity index (χ3v) is 6.51. The Labute approximate surface area is 169 Å². The lowest BCUT2D eigenvalue weighted by atomic mass is 10.1.